The molecule has 0 saturated carbocycles. The summed E-state index contributed by atoms with van der Waals surface area (Å²) in [5.74, 6) is 0.0974. The summed E-state index contributed by atoms with van der Waals surface area (Å²) in [7, 11) is 0. The Hall–Kier alpha value is -1.06. The number of halogens is 1. The van der Waals surface area contributed by atoms with E-state index in [2.05, 4.69) is 5.32 Å². The number of nitrogens with one attached hydrogen (secondary N) is 1. The predicted octanol–water partition coefficient (Wildman–Crippen LogP) is 3.43. The van der Waals surface area contributed by atoms with E-state index in [1.165, 1.54) is 0 Å². The molecule has 19 heavy (non-hydrogen) atoms. The first kappa shape index (κ1) is 16.0. The average Bonchev–Trinajstić information content (AvgIpc) is 2.38. The van der Waals surface area contributed by atoms with Crippen LogP contribution in [0.1, 0.15) is 50.6 Å². The van der Waals surface area contributed by atoms with Gasteiger partial charge in [-0.2, -0.15) is 0 Å². The summed E-state index contributed by atoms with van der Waals surface area (Å²) in [5.41, 5.74) is 6.45. The zero-order valence-electron chi connectivity index (χ0n) is 11.5. The molecule has 1 aromatic rings. The van der Waals surface area contributed by atoms with Crippen molar-refractivity contribution >= 4 is 17.5 Å². The van der Waals surface area contributed by atoms with Crippen LogP contribution in [0.2, 0.25) is 5.02 Å². The van der Waals surface area contributed by atoms with Crippen molar-refractivity contribution in [1.82, 2.24) is 5.32 Å². The molecule has 0 aliphatic heterocycles. The molecule has 0 saturated heterocycles. The van der Waals surface area contributed by atoms with Crippen molar-refractivity contribution in [3.05, 3.63) is 34.9 Å². The molecule has 0 radical (unpaired) electrons. The minimum Gasteiger partial charge on any atom is -0.350 e. The molecular weight excluding hydrogens is 260 g/mol. The second-order valence-electron chi connectivity index (χ2n) is 4.80. The minimum absolute atomic E-state index is 0.00441. The molecule has 0 aromatic heterocycles. The number of hydrogen-bond donors (Lipinski definition) is 2. The molecule has 1 amide bonds. The van der Waals surface area contributed by atoms with Crippen molar-refractivity contribution in [2.24, 2.45) is 5.73 Å². The zero-order valence-corrected chi connectivity index (χ0v) is 12.2. The van der Waals surface area contributed by atoms with Crippen molar-refractivity contribution in [3.8, 4) is 0 Å². The largest absolute Gasteiger partial charge is 0.350 e. The molecule has 1 atom stereocenters. The van der Waals surface area contributed by atoms with Gasteiger partial charge in [-0.25, -0.2) is 0 Å². The first-order chi connectivity index (χ1) is 9.13. The third kappa shape index (κ3) is 6.60. The SMILES string of the molecule is C[C@H](NC(=O)CCCCCCN)c1cccc(Cl)c1. The van der Waals surface area contributed by atoms with Crippen LogP contribution in [0.5, 0.6) is 0 Å². The number of amides is 1. The smallest absolute Gasteiger partial charge is 0.220 e. The van der Waals surface area contributed by atoms with E-state index in [0.29, 0.717) is 11.4 Å². The maximum atomic E-state index is 11.8. The highest BCUT2D eigenvalue weighted by atomic mass is 35.5. The fourth-order valence-corrected chi connectivity index (χ4v) is 2.16. The first-order valence-corrected chi connectivity index (χ1v) is 7.26. The van der Waals surface area contributed by atoms with Crippen LogP contribution in [0, 0.1) is 0 Å². The molecule has 0 aliphatic carbocycles. The van der Waals surface area contributed by atoms with Crippen LogP contribution in [-0.2, 0) is 4.79 Å². The fraction of sp³-hybridized carbons (Fsp3) is 0.533. The molecule has 3 nitrogen and oxygen atoms in total. The van der Waals surface area contributed by atoms with E-state index >= 15 is 0 Å². The quantitative estimate of drug-likeness (QED) is 0.718. The van der Waals surface area contributed by atoms with E-state index in [-0.39, 0.29) is 11.9 Å². The molecule has 0 fully saturated rings. The summed E-state index contributed by atoms with van der Waals surface area (Å²) < 4.78 is 0. The molecule has 0 heterocycles. The maximum Gasteiger partial charge on any atom is 0.220 e. The normalized spacial score (nSPS) is 12.2. The highest BCUT2D eigenvalue weighted by Crippen LogP contribution is 2.17. The Morgan fingerprint density at radius 1 is 1.32 bits per heavy atom. The summed E-state index contributed by atoms with van der Waals surface area (Å²) in [6, 6.07) is 7.57. The number of hydrogen-bond acceptors (Lipinski definition) is 2. The number of benzene rings is 1. The Morgan fingerprint density at radius 3 is 2.74 bits per heavy atom. The Morgan fingerprint density at radius 2 is 2.05 bits per heavy atom. The van der Waals surface area contributed by atoms with E-state index in [1.54, 1.807) is 0 Å². The van der Waals surface area contributed by atoms with Crippen LogP contribution < -0.4 is 11.1 Å². The van der Waals surface area contributed by atoms with Crippen LogP contribution in [0.15, 0.2) is 24.3 Å². The molecule has 1 rings (SSSR count). The summed E-state index contributed by atoms with van der Waals surface area (Å²) in [6.45, 7) is 2.70. The van der Waals surface area contributed by atoms with Crippen LogP contribution in [0.25, 0.3) is 0 Å². The van der Waals surface area contributed by atoms with Gasteiger partial charge in [-0.3, -0.25) is 4.79 Å². The summed E-state index contributed by atoms with van der Waals surface area (Å²) in [4.78, 5) is 11.8. The van der Waals surface area contributed by atoms with Gasteiger partial charge in [0.1, 0.15) is 0 Å². The van der Waals surface area contributed by atoms with E-state index in [0.717, 1.165) is 37.8 Å². The number of rotatable bonds is 8. The lowest BCUT2D eigenvalue weighted by Crippen LogP contribution is -2.26. The zero-order chi connectivity index (χ0) is 14.1. The number of nitrogens with two attached hydrogens (primary N) is 1. The standard InChI is InChI=1S/C15H23ClN2O/c1-12(13-7-6-8-14(16)11-13)18-15(19)9-4-2-3-5-10-17/h6-8,11-12H,2-5,9-10,17H2,1H3,(H,18,19)/t12-/m0/s1. The topological polar surface area (TPSA) is 55.1 Å². The third-order valence-electron chi connectivity index (χ3n) is 3.08. The molecule has 4 heteroatoms. The van der Waals surface area contributed by atoms with E-state index in [1.807, 2.05) is 31.2 Å². The molecule has 0 spiro atoms. The van der Waals surface area contributed by atoms with Gasteiger partial charge in [0, 0.05) is 11.4 Å². The van der Waals surface area contributed by atoms with Gasteiger partial charge in [0.25, 0.3) is 0 Å². The van der Waals surface area contributed by atoms with Gasteiger partial charge in [-0.15, -0.1) is 0 Å². The van der Waals surface area contributed by atoms with Gasteiger partial charge >= 0.3 is 0 Å². The van der Waals surface area contributed by atoms with Crippen LogP contribution in [-0.4, -0.2) is 12.5 Å². The molecule has 0 aliphatic rings. The molecule has 0 bridgehead atoms. The lowest BCUT2D eigenvalue weighted by Gasteiger charge is -2.14. The van der Waals surface area contributed by atoms with Gasteiger partial charge in [-0.1, -0.05) is 36.6 Å². The summed E-state index contributed by atoms with van der Waals surface area (Å²) in [5, 5.41) is 3.69. The molecule has 3 N–H and O–H groups in total. The van der Waals surface area contributed by atoms with Gasteiger partial charge < -0.3 is 11.1 Å². The third-order valence-corrected chi connectivity index (χ3v) is 3.32. The second-order valence-corrected chi connectivity index (χ2v) is 5.23. The predicted molar refractivity (Wildman–Crippen MR) is 80.1 cm³/mol. The number of carbonyl (C=O) groups excluding carboxylic acids is 1. The van der Waals surface area contributed by atoms with Crippen molar-refractivity contribution in [1.29, 1.82) is 0 Å². The van der Waals surface area contributed by atoms with Crippen molar-refractivity contribution in [3.63, 3.8) is 0 Å². The van der Waals surface area contributed by atoms with Gasteiger partial charge in [0.15, 0.2) is 0 Å². The Kier molecular flexibility index (Phi) is 7.53. The molecule has 1 aromatic carbocycles. The first-order valence-electron chi connectivity index (χ1n) is 6.88. The summed E-state index contributed by atoms with van der Waals surface area (Å²) >= 11 is 5.93. The van der Waals surface area contributed by atoms with E-state index in [9.17, 15) is 4.79 Å². The number of carbonyl (C=O) groups is 1. The molecule has 106 valence electrons. The van der Waals surface area contributed by atoms with Crippen LogP contribution in [0.3, 0.4) is 0 Å². The van der Waals surface area contributed by atoms with Gasteiger partial charge in [-0.05, 0) is 44.0 Å². The Bertz CT molecular complexity index is 395. The minimum atomic E-state index is -0.00441. The maximum absolute atomic E-state index is 11.8. The molecule has 0 unspecified atom stereocenters. The van der Waals surface area contributed by atoms with Crippen molar-refractivity contribution in [2.45, 2.75) is 45.1 Å². The van der Waals surface area contributed by atoms with Crippen molar-refractivity contribution < 1.29 is 4.79 Å². The van der Waals surface area contributed by atoms with Crippen molar-refractivity contribution in [2.75, 3.05) is 6.54 Å². The van der Waals surface area contributed by atoms with Gasteiger partial charge in [0.05, 0.1) is 6.04 Å². The highest BCUT2D eigenvalue weighted by molar-refractivity contribution is 6.30. The van der Waals surface area contributed by atoms with Gasteiger partial charge in [0.2, 0.25) is 5.91 Å². The lowest BCUT2D eigenvalue weighted by atomic mass is 10.1. The Labute approximate surface area is 120 Å². The Balaban J connectivity index is 2.28. The highest BCUT2D eigenvalue weighted by Gasteiger charge is 2.09. The second kappa shape index (κ2) is 8.94. The fourth-order valence-electron chi connectivity index (χ4n) is 1.96. The average molecular weight is 283 g/mol. The number of unbranched alkanes of at least 4 members (excludes halogenated alkanes) is 3. The summed E-state index contributed by atoms with van der Waals surface area (Å²) in [6.07, 6.45) is 4.72. The van der Waals surface area contributed by atoms with E-state index in [4.69, 9.17) is 17.3 Å². The van der Waals surface area contributed by atoms with Crippen LogP contribution in [0.4, 0.5) is 0 Å². The van der Waals surface area contributed by atoms with E-state index < -0.39 is 0 Å². The van der Waals surface area contributed by atoms with Crippen LogP contribution >= 0.6 is 11.6 Å². The molecular formula is C15H23ClN2O. The lowest BCUT2D eigenvalue weighted by molar-refractivity contribution is -0.121. The monoisotopic (exact) mass is 282 g/mol.